The van der Waals surface area contributed by atoms with Gasteiger partial charge in [0.05, 0.1) is 12.1 Å². The molecule has 1 aromatic heterocycles. The van der Waals surface area contributed by atoms with E-state index in [1.165, 1.54) is 0 Å². The van der Waals surface area contributed by atoms with Gasteiger partial charge in [0.2, 0.25) is 5.91 Å². The lowest BCUT2D eigenvalue weighted by Gasteiger charge is -2.35. The third kappa shape index (κ3) is 3.64. The van der Waals surface area contributed by atoms with Crippen molar-refractivity contribution in [2.24, 2.45) is 5.92 Å². The second-order valence-electron chi connectivity index (χ2n) is 8.36. The van der Waals surface area contributed by atoms with Crippen LogP contribution in [0.25, 0.3) is 22.0 Å². The molecule has 2 heterocycles. The maximum atomic E-state index is 14.6. The summed E-state index contributed by atoms with van der Waals surface area (Å²) in [7, 11) is 0. The highest BCUT2D eigenvalue weighted by Crippen LogP contribution is 2.33. The van der Waals surface area contributed by atoms with Gasteiger partial charge in [0.1, 0.15) is 11.9 Å². The molecule has 0 bridgehead atoms. The molecule has 1 saturated carbocycles. The highest BCUT2D eigenvalue weighted by molar-refractivity contribution is 5.88. The molecule has 0 unspecified atom stereocenters. The number of aromatic nitrogens is 1. The average Bonchev–Trinajstić information content (AvgIpc) is 3.61. The number of halogens is 1. The number of ether oxygens (including phenoxy) is 1. The Kier molecular flexibility index (Phi) is 4.89. The van der Waals surface area contributed by atoms with Crippen molar-refractivity contribution in [3.63, 3.8) is 0 Å². The summed E-state index contributed by atoms with van der Waals surface area (Å²) < 4.78 is 20.6. The van der Waals surface area contributed by atoms with Gasteiger partial charge in [-0.25, -0.2) is 4.39 Å². The summed E-state index contributed by atoms with van der Waals surface area (Å²) in [6, 6.07) is 16.0. The van der Waals surface area contributed by atoms with Crippen molar-refractivity contribution in [1.29, 1.82) is 0 Å². The summed E-state index contributed by atoms with van der Waals surface area (Å²) in [5.74, 6) is 0.904. The van der Waals surface area contributed by atoms with E-state index in [1.54, 1.807) is 4.90 Å². The Labute approximate surface area is 175 Å². The average molecular weight is 404 g/mol. The van der Waals surface area contributed by atoms with Gasteiger partial charge >= 0.3 is 0 Å². The van der Waals surface area contributed by atoms with E-state index < -0.39 is 12.3 Å². The van der Waals surface area contributed by atoms with Crippen molar-refractivity contribution in [3.05, 3.63) is 60.3 Å². The number of carbonyl (C=O) groups excluding carboxylic acids is 1. The quantitative estimate of drug-likeness (QED) is 0.619. The van der Waals surface area contributed by atoms with Gasteiger partial charge in [-0.2, -0.15) is 0 Å². The monoisotopic (exact) mass is 404 g/mol. The van der Waals surface area contributed by atoms with Gasteiger partial charge in [0, 0.05) is 30.5 Å². The number of piperidine rings is 1. The van der Waals surface area contributed by atoms with Gasteiger partial charge in [0.15, 0.2) is 6.17 Å². The minimum atomic E-state index is -1.16. The smallest absolute Gasteiger partial charge is 0.225 e. The van der Waals surface area contributed by atoms with Gasteiger partial charge in [-0.3, -0.25) is 9.78 Å². The molecule has 1 amide bonds. The Hall–Kier alpha value is -2.95. The molecule has 5 heteroatoms. The number of pyridine rings is 1. The number of rotatable bonds is 4. The fourth-order valence-corrected chi connectivity index (χ4v) is 4.30. The van der Waals surface area contributed by atoms with E-state index in [-0.39, 0.29) is 18.4 Å². The first-order chi connectivity index (χ1) is 14.6. The number of fused-ring (bicyclic) bond motifs is 1. The molecule has 154 valence electrons. The molecule has 0 radical (unpaired) electrons. The van der Waals surface area contributed by atoms with Crippen LogP contribution in [-0.2, 0) is 4.79 Å². The number of hydrogen-bond acceptors (Lipinski definition) is 3. The lowest BCUT2D eigenvalue weighted by Crippen LogP contribution is -2.49. The molecule has 1 saturated heterocycles. The zero-order chi connectivity index (χ0) is 20.7. The van der Waals surface area contributed by atoms with Crippen LogP contribution in [0, 0.1) is 12.8 Å². The van der Waals surface area contributed by atoms with Crippen LogP contribution in [0.4, 0.5) is 4.39 Å². The molecule has 0 N–H and O–H groups in total. The Balaban J connectivity index is 1.28. The van der Waals surface area contributed by atoms with Gasteiger partial charge in [0.25, 0.3) is 0 Å². The third-order valence-electron chi connectivity index (χ3n) is 6.20. The number of likely N-dealkylation sites (tertiary alicyclic amines) is 1. The molecule has 0 spiro atoms. The van der Waals surface area contributed by atoms with E-state index in [9.17, 15) is 9.18 Å². The number of aryl methyl sites for hydroxylation is 1. The maximum Gasteiger partial charge on any atom is 0.225 e. The van der Waals surface area contributed by atoms with Crippen LogP contribution >= 0.6 is 0 Å². The second kappa shape index (κ2) is 7.71. The van der Waals surface area contributed by atoms with E-state index in [2.05, 4.69) is 30.1 Å². The van der Waals surface area contributed by atoms with E-state index in [0.717, 1.165) is 40.4 Å². The molecule has 1 aliphatic carbocycles. The van der Waals surface area contributed by atoms with Gasteiger partial charge in [-0.15, -0.1) is 0 Å². The van der Waals surface area contributed by atoms with E-state index in [0.29, 0.717) is 18.7 Å². The van der Waals surface area contributed by atoms with Crippen molar-refractivity contribution < 1.29 is 13.9 Å². The molecule has 2 aliphatic rings. The number of nitrogens with zero attached hydrogens (tertiary/aromatic N) is 2. The fourth-order valence-electron chi connectivity index (χ4n) is 4.30. The summed E-state index contributed by atoms with van der Waals surface area (Å²) in [5.41, 5.74) is 4.35. The Bertz CT molecular complexity index is 1080. The molecule has 4 nitrogen and oxygen atoms in total. The van der Waals surface area contributed by atoms with Crippen LogP contribution in [0.15, 0.2) is 54.7 Å². The van der Waals surface area contributed by atoms with Crippen LogP contribution in [0.1, 0.15) is 24.8 Å². The number of carbonyl (C=O) groups is 1. The standard InChI is InChI=1S/C25H25FN2O2/c1-16-21(11-8-18-3-2-13-27-24(16)18)17-6-9-20(10-7-17)30-23-12-14-28(15-22(23)26)25(29)19-4-5-19/h2-3,6-11,13,19,22-23H,4-5,12,14-15H2,1H3/t22-,23-/m0/s1. The van der Waals surface area contributed by atoms with Crippen LogP contribution in [0.5, 0.6) is 5.75 Å². The first-order valence-corrected chi connectivity index (χ1v) is 10.6. The van der Waals surface area contributed by atoms with Gasteiger partial charge < -0.3 is 9.64 Å². The number of benzene rings is 2. The highest BCUT2D eigenvalue weighted by atomic mass is 19.1. The van der Waals surface area contributed by atoms with Crippen LogP contribution in [0.3, 0.4) is 0 Å². The minimum Gasteiger partial charge on any atom is -0.487 e. The Morgan fingerprint density at radius 1 is 1.10 bits per heavy atom. The normalized spacial score (nSPS) is 21.6. The second-order valence-corrected chi connectivity index (χ2v) is 8.36. The molecule has 30 heavy (non-hydrogen) atoms. The minimum absolute atomic E-state index is 0.112. The predicted octanol–water partition coefficient (Wildman–Crippen LogP) is 4.94. The largest absolute Gasteiger partial charge is 0.487 e. The van der Waals surface area contributed by atoms with Crippen molar-refractivity contribution in [1.82, 2.24) is 9.88 Å². The Morgan fingerprint density at radius 3 is 2.63 bits per heavy atom. The molecule has 5 rings (SSSR count). The van der Waals surface area contributed by atoms with E-state index >= 15 is 0 Å². The number of amides is 1. The summed E-state index contributed by atoms with van der Waals surface area (Å²) in [5, 5.41) is 1.12. The number of hydrogen-bond donors (Lipinski definition) is 0. The summed E-state index contributed by atoms with van der Waals surface area (Å²) in [6.45, 7) is 2.79. The van der Waals surface area contributed by atoms with E-state index in [4.69, 9.17) is 4.74 Å². The van der Waals surface area contributed by atoms with Crippen molar-refractivity contribution in [3.8, 4) is 16.9 Å². The highest BCUT2D eigenvalue weighted by Gasteiger charge is 2.38. The van der Waals surface area contributed by atoms with Crippen LogP contribution in [-0.4, -0.2) is 41.2 Å². The SMILES string of the molecule is Cc1c(-c2ccc(O[C@H]3CCN(C(=O)C4CC4)C[C@@H]3F)cc2)ccc2cccnc12. The summed E-state index contributed by atoms with van der Waals surface area (Å²) in [4.78, 5) is 18.3. The Morgan fingerprint density at radius 2 is 1.90 bits per heavy atom. The van der Waals surface area contributed by atoms with E-state index in [1.807, 2.05) is 36.5 Å². The topological polar surface area (TPSA) is 42.4 Å². The molecule has 2 fully saturated rings. The summed E-state index contributed by atoms with van der Waals surface area (Å²) >= 11 is 0. The van der Waals surface area contributed by atoms with Gasteiger partial charge in [-0.1, -0.05) is 30.3 Å². The fraction of sp³-hybridized carbons (Fsp3) is 0.360. The lowest BCUT2D eigenvalue weighted by molar-refractivity contribution is -0.136. The van der Waals surface area contributed by atoms with Crippen molar-refractivity contribution in [2.75, 3.05) is 13.1 Å². The zero-order valence-electron chi connectivity index (χ0n) is 17.1. The summed E-state index contributed by atoms with van der Waals surface area (Å²) in [6.07, 6.45) is 2.57. The maximum absolute atomic E-state index is 14.6. The molecular formula is C25H25FN2O2. The lowest BCUT2D eigenvalue weighted by atomic mass is 9.98. The first kappa shape index (κ1) is 19.0. The predicted molar refractivity (Wildman–Crippen MR) is 115 cm³/mol. The van der Waals surface area contributed by atoms with Crippen LogP contribution < -0.4 is 4.74 Å². The zero-order valence-corrected chi connectivity index (χ0v) is 17.1. The molecule has 3 aromatic rings. The van der Waals surface area contributed by atoms with Gasteiger partial charge in [-0.05, 0) is 54.7 Å². The van der Waals surface area contributed by atoms with Crippen molar-refractivity contribution in [2.45, 2.75) is 38.5 Å². The van der Waals surface area contributed by atoms with Crippen molar-refractivity contribution >= 4 is 16.8 Å². The first-order valence-electron chi connectivity index (χ1n) is 10.6. The third-order valence-corrected chi connectivity index (χ3v) is 6.20. The van der Waals surface area contributed by atoms with Crippen LogP contribution in [0.2, 0.25) is 0 Å². The molecule has 1 aliphatic heterocycles. The molecular weight excluding hydrogens is 379 g/mol. The molecule has 2 aromatic carbocycles. The number of alkyl halides is 1. The molecule has 2 atom stereocenters.